The lowest BCUT2D eigenvalue weighted by atomic mass is 10.4. The topological polar surface area (TPSA) is 46.5 Å². The molecule has 1 aromatic heterocycles. The van der Waals surface area contributed by atoms with E-state index in [4.69, 9.17) is 5.11 Å². The van der Waals surface area contributed by atoms with E-state index in [-0.39, 0.29) is 15.5 Å². The second-order valence-corrected chi connectivity index (χ2v) is 3.24. The van der Waals surface area contributed by atoms with Crippen LogP contribution in [-0.4, -0.2) is 18.2 Å². The first kappa shape index (κ1) is 9.91. The lowest BCUT2D eigenvalue weighted by Gasteiger charge is -1.94. The molecule has 0 bridgehead atoms. The summed E-state index contributed by atoms with van der Waals surface area (Å²) in [6, 6.07) is 1.04. The molecule has 6 heteroatoms. The second-order valence-electron chi connectivity index (χ2n) is 2.15. The van der Waals surface area contributed by atoms with Crippen LogP contribution in [0.3, 0.4) is 0 Å². The van der Waals surface area contributed by atoms with Gasteiger partial charge in [0.25, 0.3) is 6.43 Å². The predicted octanol–water partition coefficient (Wildman–Crippen LogP) is 2.39. The van der Waals surface area contributed by atoms with Gasteiger partial charge in [0.1, 0.15) is 5.75 Å². The lowest BCUT2D eigenvalue weighted by molar-refractivity contribution is 0.0699. The van der Waals surface area contributed by atoms with Gasteiger partial charge in [-0.05, 0) is 0 Å². The molecule has 0 saturated heterocycles. The summed E-state index contributed by atoms with van der Waals surface area (Å²) in [6.07, 6.45) is -2.66. The quantitative estimate of drug-likeness (QED) is 0.829. The van der Waals surface area contributed by atoms with Gasteiger partial charge in [-0.3, -0.25) is 0 Å². The van der Waals surface area contributed by atoms with Crippen molar-refractivity contribution >= 4 is 17.3 Å². The number of thiophene rings is 1. The second kappa shape index (κ2) is 3.69. The predicted molar refractivity (Wildman–Crippen MR) is 42.8 cm³/mol. The van der Waals surface area contributed by atoms with Crippen LogP contribution in [-0.2, 0) is 0 Å². The van der Waals surface area contributed by atoms with Gasteiger partial charge in [-0.15, -0.1) is 11.3 Å². The summed E-state index contributed by atoms with van der Waals surface area (Å²) >= 11 is 0.526. The van der Waals surface area contributed by atoms with E-state index in [1.54, 1.807) is 0 Å². The number of carboxylic acid groups (broad SMARTS) is 1. The summed E-state index contributed by atoms with van der Waals surface area (Å²) < 4.78 is 28.9. The van der Waals surface area contributed by atoms with E-state index >= 15 is 0 Å². The van der Waals surface area contributed by atoms with Crippen LogP contribution in [0.5, 0.6) is 5.75 Å². The SMILES string of the molecule is COc1cc(C(F)F)sc1C(=O)O. The van der Waals surface area contributed by atoms with E-state index < -0.39 is 12.4 Å². The Balaban J connectivity index is 3.11. The molecule has 0 spiro atoms. The van der Waals surface area contributed by atoms with Crippen molar-refractivity contribution in [2.75, 3.05) is 7.11 Å². The summed E-state index contributed by atoms with van der Waals surface area (Å²) in [5, 5.41) is 8.58. The van der Waals surface area contributed by atoms with Crippen molar-refractivity contribution in [2.24, 2.45) is 0 Å². The minimum atomic E-state index is -2.66. The van der Waals surface area contributed by atoms with Gasteiger partial charge in [0.2, 0.25) is 0 Å². The van der Waals surface area contributed by atoms with Crippen molar-refractivity contribution < 1.29 is 23.4 Å². The Hall–Kier alpha value is -1.17. The van der Waals surface area contributed by atoms with E-state index in [1.165, 1.54) is 7.11 Å². The standard InChI is InChI=1S/C7H6F2O3S/c1-12-3-2-4(6(8)9)13-5(3)7(10)11/h2,6H,1H3,(H,10,11). The number of alkyl halides is 2. The zero-order chi connectivity index (χ0) is 10.0. The molecule has 0 fully saturated rings. The third-order valence-electron chi connectivity index (χ3n) is 1.35. The Morgan fingerprint density at radius 3 is 2.62 bits per heavy atom. The van der Waals surface area contributed by atoms with Gasteiger partial charge in [-0.25, -0.2) is 13.6 Å². The molecule has 0 saturated carbocycles. The first-order valence-corrected chi connectivity index (χ1v) is 4.07. The van der Waals surface area contributed by atoms with Crippen molar-refractivity contribution in [3.8, 4) is 5.75 Å². The Bertz CT molecular complexity index is 322. The Kier molecular flexibility index (Phi) is 2.82. The highest BCUT2D eigenvalue weighted by Crippen LogP contribution is 2.34. The average molecular weight is 208 g/mol. The first-order chi connectivity index (χ1) is 6.06. The molecule has 1 N–H and O–H groups in total. The summed E-state index contributed by atoms with van der Waals surface area (Å²) in [5.41, 5.74) is 0. The van der Waals surface area contributed by atoms with Crippen molar-refractivity contribution in [3.05, 3.63) is 15.8 Å². The molecule has 1 heterocycles. The fourth-order valence-electron chi connectivity index (χ4n) is 0.801. The first-order valence-electron chi connectivity index (χ1n) is 3.25. The largest absolute Gasteiger partial charge is 0.495 e. The fourth-order valence-corrected chi connectivity index (χ4v) is 1.62. The maximum absolute atomic E-state index is 12.1. The molecule has 0 aliphatic carbocycles. The number of methoxy groups -OCH3 is 1. The van der Waals surface area contributed by atoms with Gasteiger partial charge >= 0.3 is 5.97 Å². The Morgan fingerprint density at radius 2 is 2.31 bits per heavy atom. The normalized spacial score (nSPS) is 10.5. The Labute approximate surface area is 76.6 Å². The Morgan fingerprint density at radius 1 is 1.69 bits per heavy atom. The van der Waals surface area contributed by atoms with Gasteiger partial charge in [-0.1, -0.05) is 0 Å². The van der Waals surface area contributed by atoms with E-state index in [2.05, 4.69) is 4.74 Å². The van der Waals surface area contributed by atoms with Crippen LogP contribution in [0.4, 0.5) is 8.78 Å². The number of rotatable bonds is 3. The van der Waals surface area contributed by atoms with Crippen molar-refractivity contribution in [1.29, 1.82) is 0 Å². The monoisotopic (exact) mass is 208 g/mol. The maximum Gasteiger partial charge on any atom is 0.349 e. The minimum absolute atomic E-state index is 0.0206. The van der Waals surface area contributed by atoms with E-state index in [0.717, 1.165) is 6.07 Å². The summed E-state index contributed by atoms with van der Waals surface area (Å²) in [5.74, 6) is -1.28. The van der Waals surface area contributed by atoms with Crippen LogP contribution < -0.4 is 4.74 Å². The third-order valence-corrected chi connectivity index (χ3v) is 2.46. The molecule has 0 aliphatic rings. The van der Waals surface area contributed by atoms with Gasteiger partial charge < -0.3 is 9.84 Å². The summed E-state index contributed by atoms with van der Waals surface area (Å²) in [7, 11) is 1.24. The molecule has 0 atom stereocenters. The molecular weight excluding hydrogens is 202 g/mol. The van der Waals surface area contributed by atoms with Crippen LogP contribution >= 0.6 is 11.3 Å². The van der Waals surface area contributed by atoms with Crippen LogP contribution in [0.2, 0.25) is 0 Å². The molecule has 0 amide bonds. The zero-order valence-corrected chi connectivity index (χ0v) is 7.40. The van der Waals surface area contributed by atoms with Crippen LogP contribution in [0, 0.1) is 0 Å². The number of hydrogen-bond donors (Lipinski definition) is 1. The molecule has 0 aliphatic heterocycles. The highest BCUT2D eigenvalue weighted by molar-refractivity contribution is 7.14. The summed E-state index contributed by atoms with van der Waals surface area (Å²) in [6.45, 7) is 0. The van der Waals surface area contributed by atoms with Gasteiger partial charge in [0.05, 0.1) is 12.0 Å². The van der Waals surface area contributed by atoms with Crippen molar-refractivity contribution in [3.63, 3.8) is 0 Å². The van der Waals surface area contributed by atoms with Crippen LogP contribution in [0.25, 0.3) is 0 Å². The van der Waals surface area contributed by atoms with E-state index in [1.807, 2.05) is 0 Å². The molecule has 0 radical (unpaired) electrons. The molecule has 0 unspecified atom stereocenters. The third kappa shape index (κ3) is 1.95. The molecule has 1 rings (SSSR count). The molecule has 1 aromatic rings. The number of hydrogen-bond acceptors (Lipinski definition) is 3. The average Bonchev–Trinajstić information content (AvgIpc) is 2.47. The van der Waals surface area contributed by atoms with Crippen molar-refractivity contribution in [2.45, 2.75) is 6.43 Å². The van der Waals surface area contributed by atoms with Crippen molar-refractivity contribution in [1.82, 2.24) is 0 Å². The highest BCUT2D eigenvalue weighted by Gasteiger charge is 2.20. The van der Waals surface area contributed by atoms with Gasteiger partial charge in [0.15, 0.2) is 4.88 Å². The molecule has 72 valence electrons. The number of carboxylic acids is 1. The number of carbonyl (C=O) groups is 1. The molecular formula is C7H6F2O3S. The fraction of sp³-hybridized carbons (Fsp3) is 0.286. The summed E-state index contributed by atoms with van der Waals surface area (Å²) in [4.78, 5) is 10.0. The smallest absolute Gasteiger partial charge is 0.349 e. The zero-order valence-electron chi connectivity index (χ0n) is 6.58. The maximum atomic E-state index is 12.1. The van der Waals surface area contributed by atoms with E-state index in [9.17, 15) is 13.6 Å². The number of ether oxygens (including phenoxy) is 1. The number of halogens is 2. The highest BCUT2D eigenvalue weighted by atomic mass is 32.1. The molecule has 0 aromatic carbocycles. The lowest BCUT2D eigenvalue weighted by Crippen LogP contribution is -1.94. The van der Waals surface area contributed by atoms with E-state index in [0.29, 0.717) is 11.3 Å². The van der Waals surface area contributed by atoms with Crippen LogP contribution in [0.1, 0.15) is 21.0 Å². The van der Waals surface area contributed by atoms with Crippen LogP contribution in [0.15, 0.2) is 6.07 Å². The minimum Gasteiger partial charge on any atom is -0.495 e. The molecule has 3 nitrogen and oxygen atoms in total. The van der Waals surface area contributed by atoms with Gasteiger partial charge in [-0.2, -0.15) is 0 Å². The number of aromatic carboxylic acids is 1. The molecule has 13 heavy (non-hydrogen) atoms. The van der Waals surface area contributed by atoms with Gasteiger partial charge in [0, 0.05) is 6.07 Å².